The molecule has 2 rings (SSSR count). The van der Waals surface area contributed by atoms with Gasteiger partial charge in [0.05, 0.1) is 12.5 Å². The average Bonchev–Trinajstić information content (AvgIpc) is 2.46. The van der Waals surface area contributed by atoms with E-state index >= 15 is 0 Å². The Bertz CT molecular complexity index is 515. The lowest BCUT2D eigenvalue weighted by Crippen LogP contribution is -2.04. The molecule has 0 amide bonds. The zero-order chi connectivity index (χ0) is 13.5. The van der Waals surface area contributed by atoms with Crippen molar-refractivity contribution in [2.24, 2.45) is 0 Å². The van der Waals surface area contributed by atoms with Crippen molar-refractivity contribution >= 4 is 23.2 Å². The van der Waals surface area contributed by atoms with Crippen LogP contribution in [0.15, 0.2) is 48.5 Å². The summed E-state index contributed by atoms with van der Waals surface area (Å²) in [6, 6.07) is 15.3. The summed E-state index contributed by atoms with van der Waals surface area (Å²) in [5.41, 5.74) is 1.97. The van der Waals surface area contributed by atoms with Crippen LogP contribution in [-0.2, 0) is 17.2 Å². The van der Waals surface area contributed by atoms with Crippen LogP contribution in [0.3, 0.4) is 0 Å². The van der Waals surface area contributed by atoms with E-state index in [2.05, 4.69) is 0 Å². The number of hydrogen-bond donors (Lipinski definition) is 0. The Balaban J connectivity index is 1.83. The molecule has 0 N–H and O–H groups in total. The zero-order valence-corrected chi connectivity index (χ0v) is 11.8. The second-order valence-corrected chi connectivity index (χ2v) is 4.69. The van der Waals surface area contributed by atoms with Gasteiger partial charge in [0.25, 0.3) is 0 Å². The van der Waals surface area contributed by atoms with E-state index in [1.165, 1.54) is 0 Å². The van der Waals surface area contributed by atoms with Gasteiger partial charge in [-0.1, -0.05) is 41.9 Å². The van der Waals surface area contributed by atoms with Crippen molar-refractivity contribution in [3.8, 4) is 5.75 Å². The van der Waals surface area contributed by atoms with Gasteiger partial charge >= 0.3 is 0 Å². The molecule has 2 aromatic rings. The second-order valence-electron chi connectivity index (χ2n) is 3.98. The largest absolute Gasteiger partial charge is 0.467 e. The number of rotatable bonds is 6. The molecule has 19 heavy (non-hydrogen) atoms. The highest BCUT2D eigenvalue weighted by Crippen LogP contribution is 2.24. The van der Waals surface area contributed by atoms with Crippen LogP contribution in [0.25, 0.3) is 0 Å². The summed E-state index contributed by atoms with van der Waals surface area (Å²) >= 11 is 11.7. The highest BCUT2D eigenvalue weighted by molar-refractivity contribution is 6.30. The van der Waals surface area contributed by atoms with E-state index in [0.29, 0.717) is 23.3 Å². The Morgan fingerprint density at radius 2 is 1.79 bits per heavy atom. The van der Waals surface area contributed by atoms with Gasteiger partial charge in [0, 0.05) is 10.6 Å². The molecule has 0 atom stereocenters. The molecule has 0 aliphatic rings. The van der Waals surface area contributed by atoms with Gasteiger partial charge in [0.15, 0.2) is 6.79 Å². The van der Waals surface area contributed by atoms with Crippen LogP contribution in [0, 0.1) is 0 Å². The van der Waals surface area contributed by atoms with Gasteiger partial charge in [0.1, 0.15) is 5.75 Å². The Kier molecular flexibility index (Phi) is 5.52. The lowest BCUT2D eigenvalue weighted by atomic mass is 10.2. The predicted molar refractivity (Wildman–Crippen MR) is 77.7 cm³/mol. The summed E-state index contributed by atoms with van der Waals surface area (Å²) in [6.45, 7) is 0.699. The summed E-state index contributed by atoms with van der Waals surface area (Å²) in [6.07, 6.45) is 0. The van der Waals surface area contributed by atoms with E-state index in [0.717, 1.165) is 11.1 Å². The fourth-order valence-electron chi connectivity index (χ4n) is 1.63. The molecular formula is C15H14Cl2O2. The van der Waals surface area contributed by atoms with Crippen molar-refractivity contribution in [1.29, 1.82) is 0 Å². The van der Waals surface area contributed by atoms with E-state index in [1.54, 1.807) is 18.2 Å². The number of benzene rings is 2. The Morgan fingerprint density at radius 3 is 2.53 bits per heavy atom. The van der Waals surface area contributed by atoms with E-state index in [9.17, 15) is 0 Å². The Morgan fingerprint density at radius 1 is 1.00 bits per heavy atom. The van der Waals surface area contributed by atoms with Crippen LogP contribution in [0.4, 0.5) is 0 Å². The van der Waals surface area contributed by atoms with Gasteiger partial charge < -0.3 is 9.47 Å². The Labute approximate surface area is 122 Å². The number of hydrogen-bond acceptors (Lipinski definition) is 2. The minimum atomic E-state index is 0.181. The molecule has 0 bridgehead atoms. The molecule has 0 aromatic heterocycles. The Hall–Kier alpha value is -1.22. The fraction of sp³-hybridized carbons (Fsp3) is 0.200. The van der Waals surface area contributed by atoms with Crippen molar-refractivity contribution in [2.45, 2.75) is 12.5 Å². The summed E-state index contributed by atoms with van der Waals surface area (Å²) in [5, 5.41) is 0.646. The van der Waals surface area contributed by atoms with Gasteiger partial charge in [0.2, 0.25) is 0 Å². The minimum Gasteiger partial charge on any atom is -0.467 e. The summed E-state index contributed by atoms with van der Waals surface area (Å²) in [7, 11) is 0. The third-order valence-corrected chi connectivity index (χ3v) is 3.10. The van der Waals surface area contributed by atoms with E-state index < -0.39 is 0 Å². The molecule has 4 heteroatoms. The average molecular weight is 297 g/mol. The first-order chi connectivity index (χ1) is 9.29. The van der Waals surface area contributed by atoms with Gasteiger partial charge in [-0.15, -0.1) is 11.6 Å². The molecule has 0 saturated heterocycles. The maximum atomic E-state index is 5.89. The first-order valence-electron chi connectivity index (χ1n) is 5.88. The lowest BCUT2D eigenvalue weighted by molar-refractivity contribution is 0.00464. The number of alkyl halides is 1. The lowest BCUT2D eigenvalue weighted by Gasteiger charge is -2.10. The molecule has 0 radical (unpaired) electrons. The molecule has 0 aliphatic carbocycles. The number of ether oxygens (including phenoxy) is 2. The summed E-state index contributed by atoms with van der Waals surface area (Å²) < 4.78 is 11.0. The molecule has 0 saturated carbocycles. The van der Waals surface area contributed by atoms with Gasteiger partial charge in [-0.25, -0.2) is 0 Å². The van der Waals surface area contributed by atoms with Gasteiger partial charge in [-0.2, -0.15) is 0 Å². The van der Waals surface area contributed by atoms with Crippen LogP contribution in [0.1, 0.15) is 11.1 Å². The van der Waals surface area contributed by atoms with Gasteiger partial charge in [-0.3, -0.25) is 0 Å². The maximum Gasteiger partial charge on any atom is 0.189 e. The van der Waals surface area contributed by atoms with Crippen molar-refractivity contribution < 1.29 is 9.47 Å². The first kappa shape index (κ1) is 14.2. The minimum absolute atomic E-state index is 0.181. The standard InChI is InChI=1S/C15H14Cl2O2/c16-9-13-8-14(17)6-7-15(13)19-11-18-10-12-4-2-1-3-5-12/h1-8H,9-11H2. The first-order valence-corrected chi connectivity index (χ1v) is 6.79. The topological polar surface area (TPSA) is 18.5 Å². The molecule has 2 aromatic carbocycles. The van der Waals surface area contributed by atoms with Crippen LogP contribution in [-0.4, -0.2) is 6.79 Å². The molecule has 100 valence electrons. The monoisotopic (exact) mass is 296 g/mol. The summed E-state index contributed by atoms with van der Waals surface area (Å²) in [5.74, 6) is 1.06. The normalized spacial score (nSPS) is 10.4. The van der Waals surface area contributed by atoms with Crippen molar-refractivity contribution in [3.05, 3.63) is 64.7 Å². The van der Waals surface area contributed by atoms with E-state index in [-0.39, 0.29) is 6.79 Å². The third kappa shape index (κ3) is 4.43. The van der Waals surface area contributed by atoms with E-state index in [1.807, 2.05) is 30.3 Å². The molecule has 2 nitrogen and oxygen atoms in total. The van der Waals surface area contributed by atoms with Crippen molar-refractivity contribution in [2.75, 3.05) is 6.79 Å². The van der Waals surface area contributed by atoms with Crippen molar-refractivity contribution in [3.63, 3.8) is 0 Å². The zero-order valence-electron chi connectivity index (χ0n) is 10.3. The predicted octanol–water partition coefficient (Wildman–Crippen LogP) is 4.63. The second kappa shape index (κ2) is 7.39. The van der Waals surface area contributed by atoms with E-state index in [4.69, 9.17) is 32.7 Å². The van der Waals surface area contributed by atoms with Crippen LogP contribution < -0.4 is 4.74 Å². The highest BCUT2D eigenvalue weighted by Gasteiger charge is 2.03. The highest BCUT2D eigenvalue weighted by atomic mass is 35.5. The SMILES string of the molecule is ClCc1cc(Cl)ccc1OCOCc1ccccc1. The molecule has 0 fully saturated rings. The smallest absolute Gasteiger partial charge is 0.189 e. The number of halogens is 2. The molecule has 0 unspecified atom stereocenters. The molecular weight excluding hydrogens is 283 g/mol. The van der Waals surface area contributed by atoms with Crippen LogP contribution in [0.2, 0.25) is 5.02 Å². The van der Waals surface area contributed by atoms with Crippen LogP contribution >= 0.6 is 23.2 Å². The van der Waals surface area contributed by atoms with Gasteiger partial charge in [-0.05, 0) is 23.8 Å². The molecule has 0 heterocycles. The molecule has 0 spiro atoms. The maximum absolute atomic E-state index is 5.89. The summed E-state index contributed by atoms with van der Waals surface area (Å²) in [4.78, 5) is 0. The molecule has 0 aliphatic heterocycles. The third-order valence-electron chi connectivity index (χ3n) is 2.58. The van der Waals surface area contributed by atoms with Crippen molar-refractivity contribution in [1.82, 2.24) is 0 Å². The fourth-order valence-corrected chi connectivity index (χ4v) is 2.04. The quantitative estimate of drug-likeness (QED) is 0.439. The van der Waals surface area contributed by atoms with Crippen LogP contribution in [0.5, 0.6) is 5.75 Å².